The van der Waals surface area contributed by atoms with Crippen molar-refractivity contribution in [3.05, 3.63) is 23.8 Å². The highest BCUT2D eigenvalue weighted by atomic mass is 19.4. The first-order chi connectivity index (χ1) is 8.79. The van der Waals surface area contributed by atoms with Gasteiger partial charge in [-0.15, -0.1) is 0 Å². The second kappa shape index (κ2) is 6.28. The number of aromatic carboxylic acids is 1. The van der Waals surface area contributed by atoms with Crippen molar-refractivity contribution in [3.63, 3.8) is 0 Å². The van der Waals surface area contributed by atoms with E-state index in [-0.39, 0.29) is 24.4 Å². The molecule has 0 aromatic heterocycles. The predicted molar refractivity (Wildman–Crippen MR) is 63.2 cm³/mol. The number of rotatable bonds is 6. The first-order valence-corrected chi connectivity index (χ1v) is 5.31. The number of carboxylic acids is 1. The van der Waals surface area contributed by atoms with Crippen molar-refractivity contribution in [2.24, 2.45) is 0 Å². The van der Waals surface area contributed by atoms with E-state index < -0.39 is 18.8 Å². The number of benzene rings is 1. The van der Waals surface area contributed by atoms with Crippen LogP contribution in [0.3, 0.4) is 0 Å². The molecule has 0 fully saturated rings. The Morgan fingerprint density at radius 1 is 1.42 bits per heavy atom. The van der Waals surface area contributed by atoms with E-state index in [1.807, 2.05) is 0 Å². The molecule has 0 amide bonds. The summed E-state index contributed by atoms with van der Waals surface area (Å²) < 4.78 is 39.7. The lowest BCUT2D eigenvalue weighted by molar-refractivity contribution is -0.172. The lowest BCUT2D eigenvalue weighted by Crippen LogP contribution is -2.20. The highest BCUT2D eigenvalue weighted by Gasteiger charge is 2.27. The zero-order valence-corrected chi connectivity index (χ0v) is 9.83. The molecule has 0 unspecified atom stereocenters. The Morgan fingerprint density at radius 3 is 2.63 bits per heavy atom. The van der Waals surface area contributed by atoms with Crippen LogP contribution >= 0.6 is 0 Å². The predicted octanol–water partition coefficient (Wildman–Crippen LogP) is 1.96. The molecule has 1 aromatic carbocycles. The van der Waals surface area contributed by atoms with Crippen LogP contribution in [0.5, 0.6) is 0 Å². The summed E-state index contributed by atoms with van der Waals surface area (Å²) >= 11 is 0. The van der Waals surface area contributed by atoms with Crippen LogP contribution in [0.4, 0.5) is 24.5 Å². The van der Waals surface area contributed by atoms with Gasteiger partial charge in [0.05, 0.1) is 12.2 Å². The van der Waals surface area contributed by atoms with E-state index in [2.05, 4.69) is 10.1 Å². The average molecular weight is 278 g/mol. The lowest BCUT2D eigenvalue weighted by atomic mass is 10.1. The minimum atomic E-state index is -4.34. The van der Waals surface area contributed by atoms with E-state index in [1.165, 1.54) is 18.2 Å². The SMILES string of the molecule is Nc1cc(NCCOCC(F)(F)F)ccc1C(=O)O. The molecule has 0 spiro atoms. The van der Waals surface area contributed by atoms with Gasteiger partial charge in [-0.2, -0.15) is 13.2 Å². The van der Waals surface area contributed by atoms with Gasteiger partial charge in [0.2, 0.25) is 0 Å². The van der Waals surface area contributed by atoms with Crippen LogP contribution in [0.25, 0.3) is 0 Å². The van der Waals surface area contributed by atoms with Gasteiger partial charge in [-0.05, 0) is 18.2 Å². The highest BCUT2D eigenvalue weighted by molar-refractivity contribution is 5.94. The standard InChI is InChI=1S/C11H13F3N2O3/c12-11(13,14)6-19-4-3-16-7-1-2-8(10(17)18)9(15)5-7/h1-2,5,16H,3-4,6,15H2,(H,17,18). The molecule has 4 N–H and O–H groups in total. The minimum absolute atomic E-state index is 0.0288. The van der Waals surface area contributed by atoms with E-state index >= 15 is 0 Å². The Kier molecular flexibility index (Phi) is 4.99. The van der Waals surface area contributed by atoms with Crippen LogP contribution in [-0.2, 0) is 4.74 Å². The third kappa shape index (κ3) is 5.47. The van der Waals surface area contributed by atoms with Crippen LogP contribution < -0.4 is 11.1 Å². The van der Waals surface area contributed by atoms with Crippen LogP contribution in [0.2, 0.25) is 0 Å². The number of anilines is 2. The monoisotopic (exact) mass is 278 g/mol. The maximum Gasteiger partial charge on any atom is 0.411 e. The van der Waals surface area contributed by atoms with Crippen LogP contribution in [0, 0.1) is 0 Å². The molecular weight excluding hydrogens is 265 g/mol. The second-order valence-corrected chi connectivity index (χ2v) is 3.70. The number of halogens is 3. The van der Waals surface area contributed by atoms with Gasteiger partial charge in [0.15, 0.2) is 0 Å². The molecule has 1 rings (SSSR count). The molecular formula is C11H13F3N2O3. The Morgan fingerprint density at radius 2 is 2.11 bits per heavy atom. The van der Waals surface area contributed by atoms with Crippen molar-refractivity contribution >= 4 is 17.3 Å². The molecule has 0 heterocycles. The molecule has 0 bridgehead atoms. The fourth-order valence-electron chi connectivity index (χ4n) is 1.32. The second-order valence-electron chi connectivity index (χ2n) is 3.70. The first-order valence-electron chi connectivity index (χ1n) is 5.31. The van der Waals surface area contributed by atoms with E-state index in [0.717, 1.165) is 0 Å². The third-order valence-corrected chi connectivity index (χ3v) is 2.12. The van der Waals surface area contributed by atoms with E-state index in [1.54, 1.807) is 0 Å². The number of nitrogens with one attached hydrogen (secondary N) is 1. The van der Waals surface area contributed by atoms with Crippen molar-refractivity contribution in [3.8, 4) is 0 Å². The number of carboxylic acid groups (broad SMARTS) is 1. The van der Waals surface area contributed by atoms with E-state index in [4.69, 9.17) is 10.8 Å². The quantitative estimate of drug-likeness (QED) is 0.547. The summed E-state index contributed by atoms with van der Waals surface area (Å²) in [4.78, 5) is 10.7. The van der Waals surface area contributed by atoms with Crippen molar-refractivity contribution in [1.82, 2.24) is 0 Å². The van der Waals surface area contributed by atoms with Crippen LogP contribution in [0.1, 0.15) is 10.4 Å². The van der Waals surface area contributed by atoms with E-state index in [0.29, 0.717) is 5.69 Å². The number of carbonyl (C=O) groups is 1. The highest BCUT2D eigenvalue weighted by Crippen LogP contribution is 2.18. The van der Waals surface area contributed by atoms with Gasteiger partial charge in [-0.25, -0.2) is 4.79 Å². The molecule has 0 aliphatic carbocycles. The summed E-state index contributed by atoms with van der Waals surface area (Å²) in [6.07, 6.45) is -4.34. The van der Waals surface area contributed by atoms with Gasteiger partial charge in [-0.1, -0.05) is 0 Å². The Hall–Kier alpha value is -1.96. The molecule has 1 aromatic rings. The van der Waals surface area contributed by atoms with Crippen molar-refractivity contribution in [2.45, 2.75) is 6.18 Å². The van der Waals surface area contributed by atoms with Gasteiger partial charge in [0.1, 0.15) is 6.61 Å². The largest absolute Gasteiger partial charge is 0.478 e. The summed E-state index contributed by atoms with van der Waals surface area (Å²) in [5.41, 5.74) is 6.07. The zero-order valence-electron chi connectivity index (χ0n) is 9.83. The third-order valence-electron chi connectivity index (χ3n) is 2.12. The molecule has 0 saturated heterocycles. The van der Waals surface area contributed by atoms with Crippen molar-refractivity contribution in [1.29, 1.82) is 0 Å². The molecule has 106 valence electrons. The molecule has 0 radical (unpaired) electrons. The number of hydrogen-bond acceptors (Lipinski definition) is 4. The smallest absolute Gasteiger partial charge is 0.411 e. The number of hydrogen-bond donors (Lipinski definition) is 3. The Labute approximate surface area is 107 Å². The Balaban J connectivity index is 2.38. The van der Waals surface area contributed by atoms with Gasteiger partial charge in [0.25, 0.3) is 0 Å². The van der Waals surface area contributed by atoms with E-state index in [9.17, 15) is 18.0 Å². The first kappa shape index (κ1) is 15.1. The normalized spacial score (nSPS) is 11.3. The molecule has 5 nitrogen and oxygen atoms in total. The van der Waals surface area contributed by atoms with Gasteiger partial charge in [0, 0.05) is 17.9 Å². The number of nitrogens with two attached hydrogens (primary N) is 1. The molecule has 0 aliphatic heterocycles. The molecule has 0 atom stereocenters. The summed E-state index contributed by atoms with van der Waals surface area (Å²) in [6, 6.07) is 4.19. The average Bonchev–Trinajstić information content (AvgIpc) is 2.26. The number of ether oxygens (including phenoxy) is 1. The summed E-state index contributed by atoms with van der Waals surface area (Å²) in [5, 5.41) is 11.5. The summed E-state index contributed by atoms with van der Waals surface area (Å²) in [6.45, 7) is -1.27. The molecule has 19 heavy (non-hydrogen) atoms. The fraction of sp³-hybridized carbons (Fsp3) is 0.364. The number of alkyl halides is 3. The van der Waals surface area contributed by atoms with Crippen molar-refractivity contribution in [2.75, 3.05) is 30.8 Å². The topological polar surface area (TPSA) is 84.6 Å². The minimum Gasteiger partial charge on any atom is -0.478 e. The maximum atomic E-state index is 11.8. The zero-order chi connectivity index (χ0) is 14.5. The number of nitrogen functional groups attached to an aromatic ring is 1. The molecule has 8 heteroatoms. The summed E-state index contributed by atoms with van der Waals surface area (Å²) in [5.74, 6) is -1.14. The molecule has 0 saturated carbocycles. The fourth-order valence-corrected chi connectivity index (χ4v) is 1.32. The van der Waals surface area contributed by atoms with Crippen LogP contribution in [0.15, 0.2) is 18.2 Å². The molecule has 0 aliphatic rings. The van der Waals surface area contributed by atoms with Gasteiger partial charge in [-0.3, -0.25) is 0 Å². The Bertz CT molecular complexity index is 449. The summed E-state index contributed by atoms with van der Waals surface area (Å²) in [7, 11) is 0. The van der Waals surface area contributed by atoms with Crippen LogP contribution in [-0.4, -0.2) is 37.0 Å². The van der Waals surface area contributed by atoms with Crippen molar-refractivity contribution < 1.29 is 27.8 Å². The maximum absolute atomic E-state index is 11.8. The van der Waals surface area contributed by atoms with Gasteiger partial charge < -0.3 is 20.9 Å². The van der Waals surface area contributed by atoms with Gasteiger partial charge >= 0.3 is 12.1 Å². The lowest BCUT2D eigenvalue weighted by Gasteiger charge is -2.10.